The number of nitrogens with zero attached hydrogens (tertiary/aromatic N) is 3. The Labute approximate surface area is 200 Å². The van der Waals surface area contributed by atoms with E-state index in [1.54, 1.807) is 30.5 Å². The number of anilines is 1. The van der Waals surface area contributed by atoms with Crippen LogP contribution in [0.5, 0.6) is 0 Å². The van der Waals surface area contributed by atoms with E-state index in [0.717, 1.165) is 16.5 Å². The molecule has 0 radical (unpaired) electrons. The topological polar surface area (TPSA) is 152 Å². The van der Waals surface area contributed by atoms with Crippen molar-refractivity contribution >= 4 is 40.1 Å². The van der Waals surface area contributed by atoms with Gasteiger partial charge in [-0.3, -0.25) is 10.2 Å². The molecule has 4 aromatic rings. The van der Waals surface area contributed by atoms with E-state index in [1.807, 2.05) is 48.5 Å². The number of nitriles is 1. The zero-order chi connectivity index (χ0) is 24.4. The molecule has 0 spiro atoms. The van der Waals surface area contributed by atoms with Crippen molar-refractivity contribution < 1.29 is 9.53 Å². The van der Waals surface area contributed by atoms with E-state index in [-0.39, 0.29) is 11.9 Å². The highest BCUT2D eigenvalue weighted by Gasteiger charge is 2.26. The highest BCUT2D eigenvalue weighted by Crippen LogP contribution is 2.24. The Kier molecular flexibility index (Phi) is 5.53. The van der Waals surface area contributed by atoms with Crippen molar-refractivity contribution in [3.8, 4) is 6.07 Å². The molecule has 0 saturated heterocycles. The van der Waals surface area contributed by atoms with Crippen LogP contribution in [-0.4, -0.2) is 34.7 Å². The quantitative estimate of drug-likeness (QED) is 0.272. The minimum Gasteiger partial charge on any atom is -0.407 e. The van der Waals surface area contributed by atoms with Gasteiger partial charge in [-0.05, 0) is 18.2 Å². The number of nitrogens with one attached hydrogen (secondary N) is 3. The summed E-state index contributed by atoms with van der Waals surface area (Å²) >= 11 is 0. The summed E-state index contributed by atoms with van der Waals surface area (Å²) < 4.78 is 5.41. The maximum absolute atomic E-state index is 12.9. The summed E-state index contributed by atoms with van der Waals surface area (Å²) in [4.78, 5) is 24.6. The number of carbonyl (C=O) groups excluding carboxylic acids is 1. The largest absolute Gasteiger partial charge is 0.407 e. The van der Waals surface area contributed by atoms with Crippen LogP contribution < -0.4 is 11.1 Å². The van der Waals surface area contributed by atoms with Crippen molar-refractivity contribution in [3.05, 3.63) is 101 Å². The van der Waals surface area contributed by atoms with Gasteiger partial charge in [0.1, 0.15) is 6.07 Å². The highest BCUT2D eigenvalue weighted by atomic mass is 16.5. The van der Waals surface area contributed by atoms with Crippen LogP contribution in [0.1, 0.15) is 22.3 Å². The number of carbonyl (C=O) groups is 1. The number of benzodiazepines with no additional fused rings is 1. The SMILES string of the molecule is N#Cc1c[nH]c2cc(C(=N)OC(N)=NC3N=C(c4ccccc4)c4ccccc4NC3=O)ccc12. The van der Waals surface area contributed by atoms with Crippen molar-refractivity contribution in [1.29, 1.82) is 10.7 Å². The average molecular weight is 461 g/mol. The molecule has 2 heterocycles. The smallest absolute Gasteiger partial charge is 0.291 e. The zero-order valence-electron chi connectivity index (χ0n) is 18.3. The Balaban J connectivity index is 1.44. The number of aliphatic imine (C=N–C) groups is 2. The number of aromatic amines is 1. The molecule has 0 aliphatic carbocycles. The summed E-state index contributed by atoms with van der Waals surface area (Å²) in [6.45, 7) is 0. The summed E-state index contributed by atoms with van der Waals surface area (Å²) in [5, 5.41) is 21.0. The second-order valence-corrected chi connectivity index (χ2v) is 7.73. The fraction of sp³-hybridized carbons (Fsp3) is 0.0385. The van der Waals surface area contributed by atoms with E-state index in [0.29, 0.717) is 28.0 Å². The van der Waals surface area contributed by atoms with E-state index in [9.17, 15) is 4.79 Å². The lowest BCUT2D eigenvalue weighted by molar-refractivity contribution is -0.117. The predicted molar refractivity (Wildman–Crippen MR) is 133 cm³/mol. The molecule has 0 bridgehead atoms. The third kappa shape index (κ3) is 4.24. The number of aromatic nitrogens is 1. The van der Waals surface area contributed by atoms with Crippen molar-refractivity contribution in [2.75, 3.05) is 5.32 Å². The summed E-state index contributed by atoms with van der Waals surface area (Å²) in [7, 11) is 0. The number of fused-ring (bicyclic) bond motifs is 2. The van der Waals surface area contributed by atoms with Crippen LogP contribution in [0.25, 0.3) is 10.9 Å². The van der Waals surface area contributed by atoms with E-state index in [2.05, 4.69) is 26.4 Å². The molecule has 9 nitrogen and oxygen atoms in total. The fourth-order valence-electron chi connectivity index (χ4n) is 3.83. The third-order valence-corrected chi connectivity index (χ3v) is 5.49. The molecule has 3 aromatic carbocycles. The Morgan fingerprint density at radius 2 is 1.89 bits per heavy atom. The number of hydrogen-bond donors (Lipinski definition) is 4. The van der Waals surface area contributed by atoms with Crippen molar-refractivity contribution in [2.45, 2.75) is 6.17 Å². The summed E-state index contributed by atoms with van der Waals surface area (Å²) in [6.07, 6.45) is 0.384. The molecule has 35 heavy (non-hydrogen) atoms. The summed E-state index contributed by atoms with van der Waals surface area (Å²) in [6, 6.07) is 23.6. The lowest BCUT2D eigenvalue weighted by Crippen LogP contribution is -2.29. The molecule has 5 N–H and O–H groups in total. The monoisotopic (exact) mass is 461 g/mol. The Hall–Kier alpha value is -5.23. The van der Waals surface area contributed by atoms with Gasteiger partial charge in [0.25, 0.3) is 11.9 Å². The molecular formula is C26H19N7O2. The van der Waals surface area contributed by atoms with Crippen LogP contribution in [0, 0.1) is 16.7 Å². The molecule has 1 aliphatic heterocycles. The van der Waals surface area contributed by atoms with E-state index >= 15 is 0 Å². The number of H-pyrrole nitrogens is 1. The molecule has 0 saturated carbocycles. The molecule has 170 valence electrons. The first-order valence-corrected chi connectivity index (χ1v) is 10.7. The Bertz CT molecular complexity index is 1560. The predicted octanol–water partition coefficient (Wildman–Crippen LogP) is 3.51. The number of benzene rings is 3. The van der Waals surface area contributed by atoms with Crippen LogP contribution in [0.15, 0.2) is 89.0 Å². The van der Waals surface area contributed by atoms with Crippen LogP contribution in [0.4, 0.5) is 5.69 Å². The van der Waals surface area contributed by atoms with Gasteiger partial charge in [0.05, 0.1) is 17.0 Å². The van der Waals surface area contributed by atoms with Crippen molar-refractivity contribution in [1.82, 2.24) is 4.98 Å². The van der Waals surface area contributed by atoms with Gasteiger partial charge in [0, 0.05) is 33.8 Å². The molecular weight excluding hydrogens is 442 g/mol. The van der Waals surface area contributed by atoms with Gasteiger partial charge in [-0.2, -0.15) is 10.3 Å². The number of nitrogens with two attached hydrogens (primary N) is 1. The number of amidine groups is 1. The summed E-state index contributed by atoms with van der Waals surface area (Å²) in [5.41, 5.74) is 10.4. The maximum atomic E-state index is 12.9. The van der Waals surface area contributed by atoms with Crippen molar-refractivity contribution in [3.63, 3.8) is 0 Å². The first-order valence-electron chi connectivity index (χ1n) is 10.7. The molecule has 9 heteroatoms. The van der Waals surface area contributed by atoms with E-state index in [1.165, 1.54) is 0 Å². The Morgan fingerprint density at radius 1 is 1.11 bits per heavy atom. The van der Waals surface area contributed by atoms with Gasteiger partial charge in [0.2, 0.25) is 12.1 Å². The second-order valence-electron chi connectivity index (χ2n) is 7.73. The summed E-state index contributed by atoms with van der Waals surface area (Å²) in [5.74, 6) is -0.732. The molecule has 0 fully saturated rings. The normalized spacial score (nSPS) is 15.4. The molecule has 1 aromatic heterocycles. The first kappa shape index (κ1) is 21.6. The number of para-hydroxylation sites is 1. The molecule has 1 amide bonds. The number of hydrogen-bond acceptors (Lipinski definition) is 6. The van der Waals surface area contributed by atoms with Crippen molar-refractivity contribution in [2.24, 2.45) is 15.7 Å². The lowest BCUT2D eigenvalue weighted by atomic mass is 10.0. The van der Waals surface area contributed by atoms with Gasteiger partial charge in [0.15, 0.2) is 0 Å². The molecule has 5 rings (SSSR count). The fourth-order valence-corrected chi connectivity index (χ4v) is 3.83. The molecule has 1 aliphatic rings. The molecule has 1 atom stereocenters. The minimum absolute atomic E-state index is 0.258. The maximum Gasteiger partial charge on any atom is 0.291 e. The average Bonchev–Trinajstić information content (AvgIpc) is 3.23. The minimum atomic E-state index is -1.21. The third-order valence-electron chi connectivity index (χ3n) is 5.49. The number of ether oxygens (including phenoxy) is 1. The van der Waals surface area contributed by atoms with Gasteiger partial charge >= 0.3 is 0 Å². The zero-order valence-corrected chi connectivity index (χ0v) is 18.3. The molecule has 1 unspecified atom stereocenters. The van der Waals surface area contributed by atoms with Gasteiger partial charge in [-0.15, -0.1) is 0 Å². The van der Waals surface area contributed by atoms with E-state index in [4.69, 9.17) is 21.1 Å². The van der Waals surface area contributed by atoms with Gasteiger partial charge in [-0.1, -0.05) is 54.6 Å². The first-order chi connectivity index (χ1) is 17.0. The second kappa shape index (κ2) is 8.96. The van der Waals surface area contributed by atoms with E-state index < -0.39 is 12.1 Å². The lowest BCUT2D eigenvalue weighted by Gasteiger charge is -2.10. The number of rotatable bonds is 3. The standard InChI is InChI=1S/C26H19N7O2/c27-13-17-14-30-21-12-16(10-11-18(17)21)23(28)35-26(29)33-24-25(34)31-20-9-5-4-8-19(20)22(32-24)15-6-2-1-3-7-15/h1-12,14,24,28,30H,(H2,29,33)(H,31,34). The number of amides is 1. The van der Waals surface area contributed by atoms with Gasteiger partial charge in [-0.25, -0.2) is 4.99 Å². The Morgan fingerprint density at radius 3 is 2.69 bits per heavy atom. The van der Waals surface area contributed by atoms with Gasteiger partial charge < -0.3 is 20.8 Å². The van der Waals surface area contributed by atoms with Crippen LogP contribution in [0.2, 0.25) is 0 Å². The van der Waals surface area contributed by atoms with Crippen LogP contribution in [-0.2, 0) is 9.53 Å². The highest BCUT2D eigenvalue weighted by molar-refractivity contribution is 6.19. The van der Waals surface area contributed by atoms with Crippen LogP contribution >= 0.6 is 0 Å². The van der Waals surface area contributed by atoms with Crippen LogP contribution in [0.3, 0.4) is 0 Å².